The van der Waals surface area contributed by atoms with Crippen molar-refractivity contribution in [2.24, 2.45) is 0 Å². The first-order chi connectivity index (χ1) is 8.95. The van der Waals surface area contributed by atoms with Crippen molar-refractivity contribution < 1.29 is 22.3 Å². The Bertz CT molecular complexity index is 440. The van der Waals surface area contributed by atoms with Gasteiger partial charge < -0.3 is 4.74 Å². The SMILES string of the molecule is C/C=C/C=C/c1ccc(OCC(F)(F)C(F)F)nc1. The first-order valence-electron chi connectivity index (χ1n) is 5.50. The van der Waals surface area contributed by atoms with E-state index in [-0.39, 0.29) is 5.88 Å². The molecule has 0 aliphatic heterocycles. The van der Waals surface area contributed by atoms with Crippen molar-refractivity contribution in [1.82, 2.24) is 4.98 Å². The fourth-order valence-corrected chi connectivity index (χ4v) is 1.09. The Morgan fingerprint density at radius 3 is 2.58 bits per heavy atom. The molecule has 1 heterocycles. The highest BCUT2D eigenvalue weighted by Gasteiger charge is 2.41. The third-order valence-corrected chi connectivity index (χ3v) is 2.08. The Morgan fingerprint density at radius 1 is 1.32 bits per heavy atom. The molecule has 0 fully saturated rings. The molecule has 0 spiro atoms. The highest BCUT2D eigenvalue weighted by atomic mass is 19.3. The maximum absolute atomic E-state index is 12.6. The fraction of sp³-hybridized carbons (Fsp3) is 0.308. The number of alkyl halides is 4. The van der Waals surface area contributed by atoms with Crippen LogP contribution in [0.15, 0.2) is 36.6 Å². The minimum absolute atomic E-state index is 0.122. The van der Waals surface area contributed by atoms with Gasteiger partial charge in [-0.15, -0.1) is 0 Å². The monoisotopic (exact) mass is 275 g/mol. The van der Waals surface area contributed by atoms with E-state index in [1.165, 1.54) is 12.3 Å². The van der Waals surface area contributed by atoms with Gasteiger partial charge in [0, 0.05) is 12.3 Å². The number of ether oxygens (including phenoxy) is 1. The van der Waals surface area contributed by atoms with Crippen molar-refractivity contribution in [2.45, 2.75) is 19.3 Å². The molecule has 6 heteroatoms. The van der Waals surface area contributed by atoms with Crippen LogP contribution in [0.1, 0.15) is 12.5 Å². The van der Waals surface area contributed by atoms with Crippen molar-refractivity contribution in [2.75, 3.05) is 6.61 Å². The van der Waals surface area contributed by atoms with Gasteiger partial charge in [-0.05, 0) is 18.6 Å². The summed E-state index contributed by atoms with van der Waals surface area (Å²) < 4.78 is 53.5. The van der Waals surface area contributed by atoms with Gasteiger partial charge in [-0.1, -0.05) is 24.3 Å². The first-order valence-corrected chi connectivity index (χ1v) is 5.50. The summed E-state index contributed by atoms with van der Waals surface area (Å²) in [5.41, 5.74) is 0.742. The normalized spacial score (nSPS) is 12.7. The molecule has 2 nitrogen and oxygen atoms in total. The van der Waals surface area contributed by atoms with Gasteiger partial charge >= 0.3 is 12.3 Å². The lowest BCUT2D eigenvalue weighted by Gasteiger charge is -2.15. The van der Waals surface area contributed by atoms with Gasteiger partial charge in [0.25, 0.3) is 0 Å². The Labute approximate surface area is 108 Å². The largest absolute Gasteiger partial charge is 0.471 e. The molecule has 0 saturated carbocycles. The van der Waals surface area contributed by atoms with E-state index in [0.717, 1.165) is 5.56 Å². The summed E-state index contributed by atoms with van der Waals surface area (Å²) in [5, 5.41) is 0. The van der Waals surface area contributed by atoms with Crippen molar-refractivity contribution >= 4 is 6.08 Å². The van der Waals surface area contributed by atoms with Crippen molar-refractivity contribution in [3.05, 3.63) is 42.1 Å². The molecule has 1 aromatic heterocycles. The number of allylic oxidation sites excluding steroid dienone is 3. The highest BCUT2D eigenvalue weighted by molar-refractivity contribution is 5.50. The number of halogens is 4. The van der Waals surface area contributed by atoms with Crippen LogP contribution in [-0.2, 0) is 0 Å². The summed E-state index contributed by atoms with van der Waals surface area (Å²) in [6.07, 6.45) is 4.83. The van der Waals surface area contributed by atoms with Gasteiger partial charge in [0.05, 0.1) is 0 Å². The van der Waals surface area contributed by atoms with Gasteiger partial charge in [-0.2, -0.15) is 8.78 Å². The zero-order chi connectivity index (χ0) is 14.3. The van der Waals surface area contributed by atoms with Crippen LogP contribution in [0, 0.1) is 0 Å². The zero-order valence-corrected chi connectivity index (χ0v) is 10.2. The molecule has 0 amide bonds. The van der Waals surface area contributed by atoms with Crippen LogP contribution in [-0.4, -0.2) is 23.9 Å². The first kappa shape index (κ1) is 15.2. The number of aromatic nitrogens is 1. The molecule has 0 radical (unpaired) electrons. The molecule has 0 N–H and O–H groups in total. The summed E-state index contributed by atoms with van der Waals surface area (Å²) in [6, 6.07) is 2.93. The number of rotatable bonds is 6. The molecule has 0 atom stereocenters. The second kappa shape index (κ2) is 6.92. The van der Waals surface area contributed by atoms with E-state index in [2.05, 4.69) is 9.72 Å². The summed E-state index contributed by atoms with van der Waals surface area (Å²) in [4.78, 5) is 3.74. The molecule has 0 aromatic carbocycles. The van der Waals surface area contributed by atoms with Gasteiger partial charge in [0.1, 0.15) is 0 Å². The van der Waals surface area contributed by atoms with Crippen LogP contribution in [0.3, 0.4) is 0 Å². The molecule has 1 rings (SSSR count). The molecular weight excluding hydrogens is 262 g/mol. The molecular formula is C13H13F4NO. The number of hydrogen-bond donors (Lipinski definition) is 0. The van der Waals surface area contributed by atoms with Crippen LogP contribution < -0.4 is 4.74 Å². The molecule has 0 unspecified atom stereocenters. The predicted molar refractivity (Wildman–Crippen MR) is 64.5 cm³/mol. The van der Waals surface area contributed by atoms with E-state index >= 15 is 0 Å². The van der Waals surface area contributed by atoms with Crippen LogP contribution in [0.4, 0.5) is 17.6 Å². The van der Waals surface area contributed by atoms with Crippen molar-refractivity contribution in [1.29, 1.82) is 0 Å². The average Bonchev–Trinajstić information content (AvgIpc) is 2.38. The van der Waals surface area contributed by atoms with E-state index in [1.54, 1.807) is 18.2 Å². The van der Waals surface area contributed by atoms with Gasteiger partial charge in [-0.3, -0.25) is 0 Å². The predicted octanol–water partition coefficient (Wildman–Crippen LogP) is 3.95. The second-order valence-electron chi connectivity index (χ2n) is 3.67. The Kier molecular flexibility index (Phi) is 5.54. The van der Waals surface area contributed by atoms with E-state index in [4.69, 9.17) is 0 Å². The molecule has 0 aliphatic rings. The lowest BCUT2D eigenvalue weighted by atomic mass is 10.2. The summed E-state index contributed by atoms with van der Waals surface area (Å²) in [5.74, 6) is -4.30. The second-order valence-corrected chi connectivity index (χ2v) is 3.67. The lowest BCUT2D eigenvalue weighted by molar-refractivity contribution is -0.148. The van der Waals surface area contributed by atoms with Gasteiger partial charge in [-0.25, -0.2) is 13.8 Å². The van der Waals surface area contributed by atoms with E-state index < -0.39 is 19.0 Å². The van der Waals surface area contributed by atoms with Gasteiger partial charge in [0.2, 0.25) is 5.88 Å². The molecule has 0 aliphatic carbocycles. The number of nitrogens with zero attached hydrogens (tertiary/aromatic N) is 1. The molecule has 1 aromatic rings. The maximum atomic E-state index is 12.6. The van der Waals surface area contributed by atoms with Crippen LogP contribution in [0.25, 0.3) is 6.08 Å². The summed E-state index contributed by atoms with van der Waals surface area (Å²) in [6.45, 7) is 0.466. The molecule has 104 valence electrons. The topological polar surface area (TPSA) is 22.1 Å². The van der Waals surface area contributed by atoms with Crippen LogP contribution in [0.2, 0.25) is 0 Å². The van der Waals surface area contributed by atoms with Crippen LogP contribution in [0.5, 0.6) is 5.88 Å². The zero-order valence-electron chi connectivity index (χ0n) is 10.2. The summed E-state index contributed by atoms with van der Waals surface area (Å²) >= 11 is 0. The number of pyridine rings is 1. The minimum Gasteiger partial charge on any atom is -0.471 e. The summed E-state index contributed by atoms with van der Waals surface area (Å²) in [7, 11) is 0. The highest BCUT2D eigenvalue weighted by Crippen LogP contribution is 2.23. The third kappa shape index (κ3) is 5.11. The third-order valence-electron chi connectivity index (χ3n) is 2.08. The van der Waals surface area contributed by atoms with Crippen molar-refractivity contribution in [3.63, 3.8) is 0 Å². The maximum Gasteiger partial charge on any atom is 0.340 e. The number of hydrogen-bond acceptors (Lipinski definition) is 2. The molecule has 0 bridgehead atoms. The van der Waals surface area contributed by atoms with Gasteiger partial charge in [0.15, 0.2) is 6.61 Å². The average molecular weight is 275 g/mol. The van der Waals surface area contributed by atoms with E-state index in [9.17, 15) is 17.6 Å². The standard InChI is InChI=1S/C13H13F4NO/c1-2-3-4-5-10-6-7-11(18-8-10)19-9-13(16,17)12(14)15/h2-8,12H,9H2,1H3/b3-2+,5-4+. The fourth-order valence-electron chi connectivity index (χ4n) is 1.09. The smallest absolute Gasteiger partial charge is 0.340 e. The van der Waals surface area contributed by atoms with E-state index in [0.29, 0.717) is 0 Å². The quantitative estimate of drug-likeness (QED) is 0.579. The van der Waals surface area contributed by atoms with Crippen molar-refractivity contribution in [3.8, 4) is 5.88 Å². The minimum atomic E-state index is -4.17. The molecule has 19 heavy (non-hydrogen) atoms. The Morgan fingerprint density at radius 2 is 2.05 bits per heavy atom. The molecule has 0 saturated heterocycles. The Balaban J connectivity index is 2.58. The van der Waals surface area contributed by atoms with Crippen LogP contribution >= 0.6 is 0 Å². The van der Waals surface area contributed by atoms with E-state index in [1.807, 2.05) is 19.1 Å². The lowest BCUT2D eigenvalue weighted by Crippen LogP contribution is -2.33. The Hall–Kier alpha value is -1.85.